The van der Waals surface area contributed by atoms with Gasteiger partial charge in [-0.25, -0.2) is 0 Å². The van der Waals surface area contributed by atoms with Gasteiger partial charge in [-0.2, -0.15) is 0 Å². The molecule has 15 rings (SSSR count). The van der Waals surface area contributed by atoms with Crippen LogP contribution in [0.5, 0.6) is 0 Å². The SMILES string of the molecule is c1ccc(C2(c3ccccc3)c3ccccc3-c3c(N(c4ccc5c(c4)-c4ccccc4C54c5ccccc5-n5c6ccccc6c6cccc4c65)c4cccc5ccccc45)cccc32)cc1. The zero-order chi connectivity index (χ0) is 44.6. The van der Waals surface area contributed by atoms with Crippen LogP contribution in [0.4, 0.5) is 17.1 Å². The van der Waals surface area contributed by atoms with Gasteiger partial charge < -0.3 is 9.47 Å². The van der Waals surface area contributed by atoms with Crippen LogP contribution in [0.15, 0.2) is 255 Å². The van der Waals surface area contributed by atoms with Crippen molar-refractivity contribution in [1.82, 2.24) is 4.57 Å². The molecular formula is C66H42N2. The Labute approximate surface area is 395 Å². The molecule has 1 unspecified atom stereocenters. The monoisotopic (exact) mass is 862 g/mol. The van der Waals surface area contributed by atoms with Crippen LogP contribution in [0.2, 0.25) is 0 Å². The quantitative estimate of drug-likeness (QED) is 0.167. The third kappa shape index (κ3) is 4.66. The average molecular weight is 863 g/mol. The van der Waals surface area contributed by atoms with E-state index in [0.717, 1.165) is 17.1 Å². The minimum absolute atomic E-state index is 0.532. The molecule has 2 heteroatoms. The number of rotatable bonds is 5. The lowest BCUT2D eigenvalue weighted by molar-refractivity contribution is 0.748. The highest BCUT2D eigenvalue weighted by Gasteiger charge is 2.51. The third-order valence-electron chi connectivity index (χ3n) is 15.6. The summed E-state index contributed by atoms with van der Waals surface area (Å²) in [4.78, 5) is 2.56. The molecule has 2 aliphatic carbocycles. The van der Waals surface area contributed by atoms with Crippen LogP contribution in [0.25, 0.3) is 60.5 Å². The predicted octanol–water partition coefficient (Wildman–Crippen LogP) is 16.4. The van der Waals surface area contributed by atoms with Crippen molar-refractivity contribution >= 4 is 49.6 Å². The van der Waals surface area contributed by atoms with E-state index in [2.05, 4.69) is 264 Å². The number of nitrogens with zero attached hydrogens (tertiary/aromatic N) is 2. The van der Waals surface area contributed by atoms with Crippen molar-refractivity contribution in [3.63, 3.8) is 0 Å². The normalized spacial score (nSPS) is 15.5. The number of para-hydroxylation sites is 3. The van der Waals surface area contributed by atoms with Gasteiger partial charge in [0.15, 0.2) is 0 Å². The van der Waals surface area contributed by atoms with Gasteiger partial charge in [-0.15, -0.1) is 0 Å². The number of hydrogen-bond donors (Lipinski definition) is 0. The van der Waals surface area contributed by atoms with Gasteiger partial charge in [-0.05, 0) is 103 Å². The fourth-order valence-corrected chi connectivity index (χ4v) is 13.2. The molecule has 3 aliphatic rings. The van der Waals surface area contributed by atoms with Gasteiger partial charge in [0.05, 0.1) is 38.9 Å². The number of fused-ring (bicyclic) bond motifs is 16. The van der Waals surface area contributed by atoms with Crippen molar-refractivity contribution in [1.29, 1.82) is 0 Å². The van der Waals surface area contributed by atoms with E-state index in [1.807, 2.05) is 0 Å². The largest absolute Gasteiger partial charge is 0.309 e. The summed E-state index contributed by atoms with van der Waals surface area (Å²) in [6.07, 6.45) is 0. The number of hydrogen-bond acceptors (Lipinski definition) is 1. The summed E-state index contributed by atoms with van der Waals surface area (Å²) >= 11 is 0. The Hall–Kier alpha value is -8.72. The van der Waals surface area contributed by atoms with E-state index in [4.69, 9.17) is 0 Å². The second-order valence-electron chi connectivity index (χ2n) is 18.7. The van der Waals surface area contributed by atoms with Crippen LogP contribution in [-0.4, -0.2) is 4.57 Å². The van der Waals surface area contributed by atoms with Crippen LogP contribution in [-0.2, 0) is 10.8 Å². The minimum atomic E-state index is -0.535. The molecule has 0 saturated carbocycles. The topological polar surface area (TPSA) is 8.17 Å². The third-order valence-corrected chi connectivity index (χ3v) is 15.6. The molecule has 0 radical (unpaired) electrons. The summed E-state index contributed by atoms with van der Waals surface area (Å²) in [5.74, 6) is 0. The molecule has 2 heterocycles. The Balaban J connectivity index is 1.04. The second kappa shape index (κ2) is 13.9. The van der Waals surface area contributed by atoms with E-state index in [1.54, 1.807) is 0 Å². The maximum atomic E-state index is 2.56. The van der Waals surface area contributed by atoms with Crippen LogP contribution < -0.4 is 4.90 Å². The Morgan fingerprint density at radius 1 is 0.324 bits per heavy atom. The molecule has 0 N–H and O–H groups in total. The summed E-state index contributed by atoms with van der Waals surface area (Å²) in [6.45, 7) is 0. The van der Waals surface area contributed by atoms with Gasteiger partial charge in [0.2, 0.25) is 0 Å². The molecule has 1 aromatic heterocycles. The first-order valence-electron chi connectivity index (χ1n) is 23.8. The molecule has 0 saturated heterocycles. The van der Waals surface area contributed by atoms with Crippen LogP contribution in [0.3, 0.4) is 0 Å². The fraction of sp³-hybridized carbons (Fsp3) is 0.0303. The number of benzene rings is 11. The van der Waals surface area contributed by atoms with Gasteiger partial charge >= 0.3 is 0 Å². The van der Waals surface area contributed by atoms with Crippen molar-refractivity contribution < 1.29 is 0 Å². The van der Waals surface area contributed by atoms with Crippen molar-refractivity contribution in [2.24, 2.45) is 0 Å². The van der Waals surface area contributed by atoms with Gasteiger partial charge in [-0.1, -0.05) is 218 Å². The van der Waals surface area contributed by atoms with Crippen molar-refractivity contribution in [2.75, 3.05) is 4.90 Å². The Kier molecular flexibility index (Phi) is 7.67. The molecule has 11 aromatic carbocycles. The molecular weight excluding hydrogens is 821 g/mol. The molecule has 316 valence electrons. The molecule has 0 fully saturated rings. The summed E-state index contributed by atoms with van der Waals surface area (Å²) in [5, 5.41) is 4.98. The lowest BCUT2D eigenvalue weighted by atomic mass is 9.65. The standard InChI is InChI=1S/C66H42N2/c1-3-22-44(23-4-1)65(45-24-5-2-6-25-45)54-32-13-10-29-51(54)63-57(65)34-19-39-62(63)67(59-38-17-21-43-20-7-8-26-47(43)59)46-40-41-55-52(42-46)48-27-9-12-31-53(48)66(55)56-33-14-16-37-61(56)68-60-36-15-11-28-49(60)50-30-18-35-58(66)64(50)68/h1-42H. The first-order valence-corrected chi connectivity index (χ1v) is 23.8. The van der Waals surface area contributed by atoms with Crippen LogP contribution in [0.1, 0.15) is 44.5 Å². The van der Waals surface area contributed by atoms with Gasteiger partial charge in [0.1, 0.15) is 0 Å². The zero-order valence-corrected chi connectivity index (χ0v) is 37.1. The second-order valence-corrected chi connectivity index (χ2v) is 18.7. The first kappa shape index (κ1) is 37.5. The maximum Gasteiger partial charge on any atom is 0.0754 e. The summed E-state index contributed by atoms with van der Waals surface area (Å²) in [6, 6.07) is 95.6. The molecule has 12 aromatic rings. The van der Waals surface area contributed by atoms with Crippen LogP contribution >= 0.6 is 0 Å². The summed E-state index contributed by atoms with van der Waals surface area (Å²) in [5.41, 5.74) is 21.5. The van der Waals surface area contributed by atoms with E-state index < -0.39 is 10.8 Å². The van der Waals surface area contributed by atoms with Gasteiger partial charge in [0.25, 0.3) is 0 Å². The van der Waals surface area contributed by atoms with Gasteiger partial charge in [0, 0.05) is 27.4 Å². The Morgan fingerprint density at radius 2 is 0.868 bits per heavy atom. The maximum absolute atomic E-state index is 2.56. The minimum Gasteiger partial charge on any atom is -0.309 e. The Bertz CT molecular complexity index is 4000. The highest BCUT2D eigenvalue weighted by molar-refractivity contribution is 6.13. The van der Waals surface area contributed by atoms with Crippen molar-refractivity contribution in [3.8, 4) is 27.9 Å². The van der Waals surface area contributed by atoms with Crippen molar-refractivity contribution in [2.45, 2.75) is 10.8 Å². The van der Waals surface area contributed by atoms with Crippen LogP contribution in [0, 0.1) is 0 Å². The highest BCUT2D eigenvalue weighted by Crippen LogP contribution is 2.63. The average Bonchev–Trinajstić information content (AvgIpc) is 4.02. The zero-order valence-electron chi connectivity index (χ0n) is 37.1. The molecule has 68 heavy (non-hydrogen) atoms. The highest BCUT2D eigenvalue weighted by atomic mass is 15.1. The molecule has 1 spiro atoms. The summed E-state index contributed by atoms with van der Waals surface area (Å²) in [7, 11) is 0. The molecule has 0 bridgehead atoms. The van der Waals surface area contributed by atoms with E-state index in [0.29, 0.717) is 0 Å². The van der Waals surface area contributed by atoms with E-state index in [1.165, 1.54) is 105 Å². The predicted molar refractivity (Wildman–Crippen MR) is 281 cm³/mol. The molecule has 1 aliphatic heterocycles. The lowest BCUT2D eigenvalue weighted by Crippen LogP contribution is -2.33. The van der Waals surface area contributed by atoms with Gasteiger partial charge in [-0.3, -0.25) is 0 Å². The van der Waals surface area contributed by atoms with E-state index >= 15 is 0 Å². The smallest absolute Gasteiger partial charge is 0.0754 e. The number of aromatic nitrogens is 1. The molecule has 1 atom stereocenters. The van der Waals surface area contributed by atoms with E-state index in [-0.39, 0.29) is 0 Å². The Morgan fingerprint density at radius 3 is 1.68 bits per heavy atom. The van der Waals surface area contributed by atoms with E-state index in [9.17, 15) is 0 Å². The first-order chi connectivity index (χ1) is 33.8. The van der Waals surface area contributed by atoms with Crippen molar-refractivity contribution in [3.05, 3.63) is 299 Å². The molecule has 0 amide bonds. The lowest BCUT2D eigenvalue weighted by Gasteiger charge is -2.39. The summed E-state index contributed by atoms with van der Waals surface area (Å²) < 4.78 is 2.52. The number of anilines is 3. The fourth-order valence-electron chi connectivity index (χ4n) is 13.2. The molecule has 2 nitrogen and oxygen atoms in total.